The maximum atomic E-state index is 11.9. The summed E-state index contributed by atoms with van der Waals surface area (Å²) >= 11 is 5.83. The molecule has 0 radical (unpaired) electrons. The van der Waals surface area contributed by atoms with Crippen LogP contribution in [-0.2, 0) is 11.2 Å². The fourth-order valence-corrected chi connectivity index (χ4v) is 2.15. The third-order valence-corrected chi connectivity index (χ3v) is 3.00. The topological polar surface area (TPSA) is 29.5 Å². The van der Waals surface area contributed by atoms with Gasteiger partial charge in [-0.15, -0.1) is 11.6 Å². The van der Waals surface area contributed by atoms with Gasteiger partial charge >= 0.3 is 0 Å². The van der Waals surface area contributed by atoms with Crippen LogP contribution in [0.1, 0.15) is 12.5 Å². The average Bonchev–Trinajstić information content (AvgIpc) is 2.71. The maximum absolute atomic E-state index is 11.9. The molecule has 1 aromatic carbocycles. The zero-order chi connectivity index (χ0) is 11.7. The molecular weight excluding hydrogens is 226 g/mol. The molecule has 0 fully saturated rings. The van der Waals surface area contributed by atoms with Gasteiger partial charge < -0.3 is 9.64 Å². The van der Waals surface area contributed by atoms with Gasteiger partial charge in [0.2, 0.25) is 5.91 Å². The predicted molar refractivity (Wildman–Crippen MR) is 64.4 cm³/mol. The van der Waals surface area contributed by atoms with Crippen LogP contribution in [-0.4, -0.2) is 24.9 Å². The Bertz CT molecular complexity index is 417. The van der Waals surface area contributed by atoms with E-state index in [0.29, 0.717) is 6.54 Å². The number of alkyl halides is 1. The van der Waals surface area contributed by atoms with Gasteiger partial charge in [-0.1, -0.05) is 6.07 Å². The molecule has 0 saturated carbocycles. The van der Waals surface area contributed by atoms with E-state index in [2.05, 4.69) is 0 Å². The molecule has 16 heavy (non-hydrogen) atoms. The third kappa shape index (κ3) is 1.76. The molecule has 1 aliphatic heterocycles. The summed E-state index contributed by atoms with van der Waals surface area (Å²) in [6.45, 7) is 2.38. The van der Waals surface area contributed by atoms with E-state index in [-0.39, 0.29) is 5.91 Å². The Hall–Kier alpha value is -1.22. The molecule has 1 aromatic rings. The highest BCUT2D eigenvalue weighted by molar-refractivity contribution is 6.32. The lowest BCUT2D eigenvalue weighted by atomic mass is 10.1. The van der Waals surface area contributed by atoms with E-state index < -0.39 is 5.38 Å². The number of anilines is 1. The van der Waals surface area contributed by atoms with Gasteiger partial charge in [0.25, 0.3) is 0 Å². The number of benzene rings is 1. The minimum Gasteiger partial charge on any atom is -0.496 e. The second-order valence-corrected chi connectivity index (χ2v) is 4.47. The molecule has 0 bridgehead atoms. The van der Waals surface area contributed by atoms with Gasteiger partial charge in [0.1, 0.15) is 11.1 Å². The highest BCUT2D eigenvalue weighted by atomic mass is 35.5. The Morgan fingerprint density at radius 2 is 2.31 bits per heavy atom. The molecular formula is C12H14ClNO2. The lowest BCUT2D eigenvalue weighted by Crippen LogP contribution is -2.34. The van der Waals surface area contributed by atoms with Gasteiger partial charge in [-0.2, -0.15) is 0 Å². The summed E-state index contributed by atoms with van der Waals surface area (Å²) in [6.07, 6.45) is 0.828. The van der Waals surface area contributed by atoms with Gasteiger partial charge in [0.05, 0.1) is 12.8 Å². The molecule has 0 aromatic heterocycles. The summed E-state index contributed by atoms with van der Waals surface area (Å²) in [7, 11) is 1.64. The number of carbonyl (C=O) groups is 1. The number of methoxy groups -OCH3 is 1. The number of carbonyl (C=O) groups excluding carboxylic acids is 1. The normalized spacial score (nSPS) is 15.8. The minimum atomic E-state index is -0.489. The number of amides is 1. The Morgan fingerprint density at radius 1 is 1.56 bits per heavy atom. The molecule has 1 aliphatic rings. The fourth-order valence-electron chi connectivity index (χ4n) is 2.04. The van der Waals surface area contributed by atoms with Crippen molar-refractivity contribution in [3.63, 3.8) is 0 Å². The van der Waals surface area contributed by atoms with Crippen molar-refractivity contribution in [3.8, 4) is 5.75 Å². The van der Waals surface area contributed by atoms with E-state index in [1.54, 1.807) is 18.9 Å². The lowest BCUT2D eigenvalue weighted by Gasteiger charge is -2.18. The van der Waals surface area contributed by atoms with Crippen molar-refractivity contribution in [2.75, 3.05) is 18.6 Å². The quantitative estimate of drug-likeness (QED) is 0.741. The highest BCUT2D eigenvalue weighted by Gasteiger charge is 2.28. The molecule has 3 nitrogen and oxygen atoms in total. The van der Waals surface area contributed by atoms with Crippen molar-refractivity contribution in [2.45, 2.75) is 18.7 Å². The number of halogens is 1. The largest absolute Gasteiger partial charge is 0.496 e. The van der Waals surface area contributed by atoms with Crippen LogP contribution in [0.5, 0.6) is 5.75 Å². The standard InChI is InChI=1S/C12H14ClNO2/c1-8(13)12(15)14-7-6-9-10(14)4-3-5-11(9)16-2/h3-5,8H,6-7H2,1-2H3. The Labute approximate surface area is 100.0 Å². The molecule has 0 aliphatic carbocycles. The first-order chi connectivity index (χ1) is 7.65. The van der Waals surface area contributed by atoms with Crippen molar-refractivity contribution in [1.82, 2.24) is 0 Å². The van der Waals surface area contributed by atoms with Gasteiger partial charge in [0.15, 0.2) is 0 Å². The molecule has 0 spiro atoms. The van der Waals surface area contributed by atoms with Crippen LogP contribution in [0.3, 0.4) is 0 Å². The third-order valence-electron chi connectivity index (χ3n) is 2.81. The van der Waals surface area contributed by atoms with Crippen molar-refractivity contribution in [2.24, 2.45) is 0 Å². The lowest BCUT2D eigenvalue weighted by molar-refractivity contribution is -0.117. The smallest absolute Gasteiger partial charge is 0.244 e. The van der Waals surface area contributed by atoms with Gasteiger partial charge in [-0.05, 0) is 25.5 Å². The molecule has 1 unspecified atom stereocenters. The molecule has 1 atom stereocenters. The Balaban J connectivity index is 2.37. The van der Waals surface area contributed by atoms with Crippen molar-refractivity contribution >= 4 is 23.2 Å². The molecule has 2 rings (SSSR count). The molecule has 1 amide bonds. The number of rotatable bonds is 2. The summed E-state index contributed by atoms with van der Waals surface area (Å²) in [5.41, 5.74) is 2.02. The molecule has 86 valence electrons. The first-order valence-corrected chi connectivity index (χ1v) is 5.70. The van der Waals surface area contributed by atoms with E-state index in [9.17, 15) is 4.79 Å². The SMILES string of the molecule is COc1cccc2c1CCN2C(=O)C(C)Cl. The number of hydrogen-bond donors (Lipinski definition) is 0. The van der Waals surface area contributed by atoms with E-state index in [1.165, 1.54) is 0 Å². The number of ether oxygens (including phenoxy) is 1. The first-order valence-electron chi connectivity index (χ1n) is 5.26. The first kappa shape index (κ1) is 11.3. The summed E-state index contributed by atoms with van der Waals surface area (Å²) in [5.74, 6) is 0.795. The van der Waals surface area contributed by atoms with Crippen LogP contribution in [0.4, 0.5) is 5.69 Å². The Kier molecular flexibility index (Phi) is 3.06. The van der Waals surface area contributed by atoms with Crippen LogP contribution in [0.2, 0.25) is 0 Å². The summed E-state index contributed by atoms with van der Waals surface area (Å²) in [4.78, 5) is 13.6. The van der Waals surface area contributed by atoms with Crippen LogP contribution >= 0.6 is 11.6 Å². The van der Waals surface area contributed by atoms with Crippen molar-refractivity contribution in [3.05, 3.63) is 23.8 Å². The zero-order valence-electron chi connectivity index (χ0n) is 9.37. The molecule has 0 saturated heterocycles. The van der Waals surface area contributed by atoms with Crippen LogP contribution < -0.4 is 9.64 Å². The molecule has 0 N–H and O–H groups in total. The summed E-state index contributed by atoms with van der Waals surface area (Å²) < 4.78 is 5.27. The molecule has 1 heterocycles. The minimum absolute atomic E-state index is 0.0475. The van der Waals surface area contributed by atoms with Crippen molar-refractivity contribution < 1.29 is 9.53 Å². The maximum Gasteiger partial charge on any atom is 0.244 e. The van der Waals surface area contributed by atoms with Crippen molar-refractivity contribution in [1.29, 1.82) is 0 Å². The van der Waals surface area contributed by atoms with Gasteiger partial charge in [0, 0.05) is 12.1 Å². The molecule has 4 heteroatoms. The van der Waals surface area contributed by atoms with E-state index in [1.807, 2.05) is 18.2 Å². The van der Waals surface area contributed by atoms with E-state index in [4.69, 9.17) is 16.3 Å². The average molecular weight is 240 g/mol. The summed E-state index contributed by atoms with van der Waals surface area (Å²) in [6, 6.07) is 5.74. The van der Waals surface area contributed by atoms with Gasteiger partial charge in [-0.3, -0.25) is 4.79 Å². The number of fused-ring (bicyclic) bond motifs is 1. The summed E-state index contributed by atoms with van der Waals surface area (Å²) in [5, 5.41) is -0.489. The van der Waals surface area contributed by atoms with Crippen LogP contribution in [0.25, 0.3) is 0 Å². The predicted octanol–water partition coefficient (Wildman–Crippen LogP) is 2.21. The monoisotopic (exact) mass is 239 g/mol. The number of hydrogen-bond acceptors (Lipinski definition) is 2. The zero-order valence-corrected chi connectivity index (χ0v) is 10.1. The highest BCUT2D eigenvalue weighted by Crippen LogP contribution is 2.35. The van der Waals surface area contributed by atoms with E-state index in [0.717, 1.165) is 23.4 Å². The van der Waals surface area contributed by atoms with E-state index >= 15 is 0 Å². The van der Waals surface area contributed by atoms with Crippen LogP contribution in [0.15, 0.2) is 18.2 Å². The second-order valence-electron chi connectivity index (χ2n) is 3.81. The Morgan fingerprint density at radius 3 is 2.94 bits per heavy atom. The second kappa shape index (κ2) is 4.34. The fraction of sp³-hybridized carbons (Fsp3) is 0.417. The number of nitrogens with zero attached hydrogens (tertiary/aromatic N) is 1. The van der Waals surface area contributed by atoms with Gasteiger partial charge in [-0.25, -0.2) is 0 Å². The van der Waals surface area contributed by atoms with Crippen LogP contribution in [0, 0.1) is 0 Å².